The third kappa shape index (κ3) is 1.71. The molecular formula is C12H10F2O2. The molecule has 0 radical (unpaired) electrons. The van der Waals surface area contributed by atoms with Gasteiger partial charge in [0, 0.05) is 6.42 Å². The second-order valence-electron chi connectivity index (χ2n) is 3.56. The van der Waals surface area contributed by atoms with Crippen LogP contribution in [-0.4, -0.2) is 5.78 Å². The monoisotopic (exact) mass is 224 g/mol. The topological polar surface area (TPSA) is 30.2 Å². The van der Waals surface area contributed by atoms with Gasteiger partial charge in [-0.3, -0.25) is 4.79 Å². The third-order valence-electron chi connectivity index (χ3n) is 2.33. The normalized spacial score (nSPS) is 10.9. The van der Waals surface area contributed by atoms with Crippen molar-refractivity contribution in [1.29, 1.82) is 0 Å². The predicted octanol–water partition coefficient (Wildman–Crippen LogP) is 3.69. The Kier molecular flexibility index (Phi) is 2.73. The smallest absolute Gasteiger partial charge is 0.198 e. The van der Waals surface area contributed by atoms with Crippen LogP contribution in [0.25, 0.3) is 11.0 Å². The number of furan rings is 1. The summed E-state index contributed by atoms with van der Waals surface area (Å²) < 4.78 is 31.6. The standard InChI is InChI=1S/C12H10F2O2/c1-2-3-10(15)11-6-7-8(13)4-5-9(14)12(7)16-11/h4-6H,2-3H2,1H3. The zero-order valence-corrected chi connectivity index (χ0v) is 8.72. The average Bonchev–Trinajstić information content (AvgIpc) is 2.70. The van der Waals surface area contributed by atoms with Crippen molar-refractivity contribution in [3.05, 3.63) is 35.6 Å². The average molecular weight is 224 g/mol. The third-order valence-corrected chi connectivity index (χ3v) is 2.33. The lowest BCUT2D eigenvalue weighted by Gasteiger charge is -1.92. The Bertz CT molecular complexity index is 504. The van der Waals surface area contributed by atoms with E-state index < -0.39 is 11.6 Å². The van der Waals surface area contributed by atoms with Crippen molar-refractivity contribution in [2.45, 2.75) is 19.8 Å². The second kappa shape index (κ2) is 4.04. The molecule has 0 bridgehead atoms. The summed E-state index contributed by atoms with van der Waals surface area (Å²) in [7, 11) is 0. The highest BCUT2D eigenvalue weighted by Crippen LogP contribution is 2.25. The lowest BCUT2D eigenvalue weighted by molar-refractivity contribution is 0.0957. The van der Waals surface area contributed by atoms with Crippen molar-refractivity contribution in [3.8, 4) is 0 Å². The molecule has 0 fully saturated rings. The minimum absolute atomic E-state index is 0.0134. The number of hydrogen-bond donors (Lipinski definition) is 0. The molecule has 0 saturated carbocycles. The molecule has 0 atom stereocenters. The van der Waals surface area contributed by atoms with Gasteiger partial charge in [0.25, 0.3) is 0 Å². The van der Waals surface area contributed by atoms with Crippen molar-refractivity contribution in [3.63, 3.8) is 0 Å². The molecule has 0 aliphatic carbocycles. The van der Waals surface area contributed by atoms with E-state index >= 15 is 0 Å². The molecule has 2 nitrogen and oxygen atoms in total. The van der Waals surface area contributed by atoms with Crippen molar-refractivity contribution in [2.75, 3.05) is 0 Å². The van der Waals surface area contributed by atoms with Crippen LogP contribution < -0.4 is 0 Å². The van der Waals surface area contributed by atoms with Crippen LogP contribution in [-0.2, 0) is 0 Å². The van der Waals surface area contributed by atoms with Crippen molar-refractivity contribution >= 4 is 16.8 Å². The number of benzene rings is 1. The van der Waals surface area contributed by atoms with Gasteiger partial charge in [-0.1, -0.05) is 6.92 Å². The number of carbonyl (C=O) groups is 1. The van der Waals surface area contributed by atoms with E-state index in [2.05, 4.69) is 0 Å². The van der Waals surface area contributed by atoms with Gasteiger partial charge in [-0.2, -0.15) is 0 Å². The van der Waals surface area contributed by atoms with Gasteiger partial charge in [0.1, 0.15) is 5.82 Å². The van der Waals surface area contributed by atoms with E-state index in [4.69, 9.17) is 4.42 Å². The van der Waals surface area contributed by atoms with Gasteiger partial charge in [0.15, 0.2) is 22.9 Å². The van der Waals surface area contributed by atoms with E-state index in [1.807, 2.05) is 6.92 Å². The van der Waals surface area contributed by atoms with Gasteiger partial charge >= 0.3 is 0 Å². The molecule has 1 aromatic heterocycles. The molecule has 0 N–H and O–H groups in total. The van der Waals surface area contributed by atoms with Crippen LogP contribution in [0.1, 0.15) is 30.3 Å². The molecule has 0 aliphatic rings. The summed E-state index contributed by atoms with van der Waals surface area (Å²) in [5, 5.41) is 0.0134. The van der Waals surface area contributed by atoms with Crippen LogP contribution in [0.3, 0.4) is 0 Å². The van der Waals surface area contributed by atoms with Crippen LogP contribution >= 0.6 is 0 Å². The number of hydrogen-bond acceptors (Lipinski definition) is 2. The quantitative estimate of drug-likeness (QED) is 0.744. The Morgan fingerprint density at radius 2 is 2.00 bits per heavy atom. The highest BCUT2D eigenvalue weighted by Gasteiger charge is 2.16. The van der Waals surface area contributed by atoms with E-state index in [9.17, 15) is 13.6 Å². The fourth-order valence-electron chi connectivity index (χ4n) is 1.55. The largest absolute Gasteiger partial charge is 0.450 e. The summed E-state index contributed by atoms with van der Waals surface area (Å²) >= 11 is 0. The number of halogens is 2. The van der Waals surface area contributed by atoms with E-state index in [1.54, 1.807) is 0 Å². The first-order valence-corrected chi connectivity index (χ1v) is 5.04. The van der Waals surface area contributed by atoms with Crippen molar-refractivity contribution in [2.24, 2.45) is 0 Å². The molecule has 2 aromatic rings. The van der Waals surface area contributed by atoms with Crippen LogP contribution in [0.4, 0.5) is 8.78 Å². The zero-order valence-electron chi connectivity index (χ0n) is 8.72. The zero-order chi connectivity index (χ0) is 11.7. The van der Waals surface area contributed by atoms with E-state index in [0.29, 0.717) is 12.8 Å². The Hall–Kier alpha value is -1.71. The number of Topliss-reactive ketones (excluding diaryl/α,β-unsaturated/α-hetero) is 1. The minimum atomic E-state index is -0.660. The Labute approximate surface area is 90.9 Å². The highest BCUT2D eigenvalue weighted by atomic mass is 19.1. The molecule has 0 unspecified atom stereocenters. The van der Waals surface area contributed by atoms with Crippen LogP contribution in [0.5, 0.6) is 0 Å². The molecule has 84 valence electrons. The number of carbonyl (C=O) groups excluding carboxylic acids is 1. The van der Waals surface area contributed by atoms with E-state index in [-0.39, 0.29) is 22.5 Å². The second-order valence-corrected chi connectivity index (χ2v) is 3.56. The molecular weight excluding hydrogens is 214 g/mol. The first kappa shape index (κ1) is 10.8. The molecule has 0 spiro atoms. The summed E-state index contributed by atoms with van der Waals surface area (Å²) in [6.07, 6.45) is 0.976. The van der Waals surface area contributed by atoms with Gasteiger partial charge in [0.2, 0.25) is 0 Å². The lowest BCUT2D eigenvalue weighted by Crippen LogP contribution is -1.94. The molecule has 4 heteroatoms. The molecule has 16 heavy (non-hydrogen) atoms. The molecule has 2 rings (SSSR count). The lowest BCUT2D eigenvalue weighted by atomic mass is 10.2. The van der Waals surface area contributed by atoms with E-state index in [1.165, 1.54) is 6.07 Å². The predicted molar refractivity (Wildman–Crippen MR) is 55.4 cm³/mol. The maximum Gasteiger partial charge on any atom is 0.198 e. The first-order chi connectivity index (χ1) is 7.63. The Morgan fingerprint density at radius 1 is 1.31 bits per heavy atom. The molecule has 0 aliphatic heterocycles. The fraction of sp³-hybridized carbons (Fsp3) is 0.250. The maximum atomic E-state index is 13.3. The minimum Gasteiger partial charge on any atom is -0.450 e. The molecule has 0 amide bonds. The summed E-state index contributed by atoms with van der Waals surface area (Å²) in [5.74, 6) is -1.47. The number of ketones is 1. The van der Waals surface area contributed by atoms with Gasteiger partial charge < -0.3 is 4.42 Å². The highest BCUT2D eigenvalue weighted by molar-refractivity contribution is 5.97. The SMILES string of the molecule is CCCC(=O)c1cc2c(F)ccc(F)c2o1. The van der Waals surface area contributed by atoms with Gasteiger partial charge in [-0.15, -0.1) is 0 Å². The Morgan fingerprint density at radius 3 is 2.62 bits per heavy atom. The van der Waals surface area contributed by atoms with Crippen molar-refractivity contribution < 1.29 is 18.0 Å². The molecule has 0 saturated heterocycles. The van der Waals surface area contributed by atoms with Gasteiger partial charge in [-0.25, -0.2) is 8.78 Å². The number of rotatable bonds is 3. The van der Waals surface area contributed by atoms with Crippen LogP contribution in [0.2, 0.25) is 0 Å². The van der Waals surface area contributed by atoms with E-state index in [0.717, 1.165) is 12.1 Å². The van der Waals surface area contributed by atoms with Gasteiger partial charge in [0.05, 0.1) is 5.39 Å². The molecule has 1 heterocycles. The molecule has 1 aromatic carbocycles. The number of fused-ring (bicyclic) bond motifs is 1. The summed E-state index contributed by atoms with van der Waals surface area (Å²) in [5.41, 5.74) is -0.195. The van der Waals surface area contributed by atoms with Crippen LogP contribution in [0.15, 0.2) is 22.6 Å². The van der Waals surface area contributed by atoms with Gasteiger partial charge in [-0.05, 0) is 24.6 Å². The van der Waals surface area contributed by atoms with Crippen molar-refractivity contribution in [1.82, 2.24) is 0 Å². The maximum absolute atomic E-state index is 13.3. The first-order valence-electron chi connectivity index (χ1n) is 5.04. The van der Waals surface area contributed by atoms with Crippen LogP contribution in [0, 0.1) is 11.6 Å². The fourth-order valence-corrected chi connectivity index (χ4v) is 1.55. The Balaban J connectivity index is 2.55. The summed E-state index contributed by atoms with van der Waals surface area (Å²) in [4.78, 5) is 11.5. The summed E-state index contributed by atoms with van der Waals surface area (Å²) in [6, 6.07) is 3.25. The summed E-state index contributed by atoms with van der Waals surface area (Å²) in [6.45, 7) is 1.85.